The maximum Gasteiger partial charge on any atom is 0.200 e. The number of ether oxygens (including phenoxy) is 1. The summed E-state index contributed by atoms with van der Waals surface area (Å²) in [4.78, 5) is 13.7. The Balaban J connectivity index is 1.87. The summed E-state index contributed by atoms with van der Waals surface area (Å²) in [6.07, 6.45) is 1.96. The van der Waals surface area contributed by atoms with Crippen LogP contribution in [0.3, 0.4) is 0 Å². The normalized spacial score (nSPS) is 16.9. The Morgan fingerprint density at radius 1 is 1.22 bits per heavy atom. The first-order chi connectivity index (χ1) is 11.1. The Kier molecular flexibility index (Phi) is 4.30. The van der Waals surface area contributed by atoms with Crippen LogP contribution in [0.15, 0.2) is 48.5 Å². The maximum absolute atomic E-state index is 12.6. The van der Waals surface area contributed by atoms with Crippen LogP contribution in [0.5, 0.6) is 17.2 Å². The van der Waals surface area contributed by atoms with Gasteiger partial charge in [-0.3, -0.25) is 4.79 Å². The van der Waals surface area contributed by atoms with Gasteiger partial charge in [0.25, 0.3) is 0 Å². The largest absolute Gasteiger partial charge is 0.504 e. The topological polar surface area (TPSA) is 66.8 Å². The number of phenols is 2. The smallest absolute Gasteiger partial charge is 0.200 e. The van der Waals surface area contributed by atoms with Crippen molar-refractivity contribution in [1.82, 2.24) is 0 Å². The molecule has 0 fully saturated rings. The van der Waals surface area contributed by atoms with Gasteiger partial charge in [0.1, 0.15) is 0 Å². The van der Waals surface area contributed by atoms with Gasteiger partial charge in [0.15, 0.2) is 17.3 Å². The van der Waals surface area contributed by atoms with Gasteiger partial charge < -0.3 is 14.9 Å². The van der Waals surface area contributed by atoms with Crippen LogP contribution in [0.1, 0.15) is 15.9 Å². The minimum Gasteiger partial charge on any atom is -0.504 e. The van der Waals surface area contributed by atoms with Crippen molar-refractivity contribution in [3.8, 4) is 17.2 Å². The zero-order chi connectivity index (χ0) is 16.4. The monoisotopic (exact) mass is 328 g/mol. The summed E-state index contributed by atoms with van der Waals surface area (Å²) in [5.41, 5.74) is 1.42. The Hall–Kier alpha value is -2.40. The third kappa shape index (κ3) is 3.05. The molecule has 118 valence electrons. The molecule has 2 aromatic carbocycles. The molecule has 0 bridgehead atoms. The van der Waals surface area contributed by atoms with Crippen molar-refractivity contribution in [2.75, 3.05) is 12.9 Å². The molecule has 0 saturated carbocycles. The first-order valence-electron chi connectivity index (χ1n) is 7.14. The van der Waals surface area contributed by atoms with Crippen molar-refractivity contribution in [2.45, 2.75) is 0 Å². The molecule has 4 nitrogen and oxygen atoms in total. The van der Waals surface area contributed by atoms with Crippen LogP contribution < -0.4 is 4.74 Å². The second-order valence-electron chi connectivity index (χ2n) is 5.22. The number of benzene rings is 2. The number of thioether (sulfide) groups is 1. The highest BCUT2D eigenvalue weighted by molar-refractivity contribution is 8.08. The van der Waals surface area contributed by atoms with Crippen molar-refractivity contribution in [2.24, 2.45) is 5.92 Å². The van der Waals surface area contributed by atoms with Crippen molar-refractivity contribution in [3.63, 3.8) is 0 Å². The molecule has 3 rings (SSSR count). The Morgan fingerprint density at radius 2 is 1.96 bits per heavy atom. The van der Waals surface area contributed by atoms with E-state index in [4.69, 9.17) is 4.74 Å². The van der Waals surface area contributed by atoms with E-state index in [2.05, 4.69) is 0 Å². The predicted octanol–water partition coefficient (Wildman–Crippen LogP) is 3.69. The number of carbonyl (C=O) groups is 1. The van der Waals surface area contributed by atoms with Crippen LogP contribution in [0.2, 0.25) is 0 Å². The minimum absolute atomic E-state index is 0.0891. The maximum atomic E-state index is 12.6. The van der Waals surface area contributed by atoms with Gasteiger partial charge in [-0.1, -0.05) is 36.4 Å². The predicted molar refractivity (Wildman–Crippen MR) is 91.0 cm³/mol. The summed E-state index contributed by atoms with van der Waals surface area (Å²) in [6, 6.07) is 12.7. The first kappa shape index (κ1) is 15.5. The second kappa shape index (κ2) is 6.38. The van der Waals surface area contributed by atoms with E-state index < -0.39 is 0 Å². The highest BCUT2D eigenvalue weighted by Crippen LogP contribution is 2.40. The molecule has 0 saturated heterocycles. The Bertz CT molecular complexity index is 768. The lowest BCUT2D eigenvalue weighted by atomic mass is 9.97. The molecule has 0 aliphatic carbocycles. The summed E-state index contributed by atoms with van der Waals surface area (Å²) < 4.78 is 4.99. The molecule has 1 heterocycles. The van der Waals surface area contributed by atoms with E-state index in [9.17, 15) is 15.0 Å². The van der Waals surface area contributed by atoms with Gasteiger partial charge in [0.05, 0.1) is 13.0 Å². The number of Topliss-reactive ketones (excluding diaryl/α,β-unsaturated/α-hetero) is 1. The summed E-state index contributed by atoms with van der Waals surface area (Å²) >= 11 is 1.64. The van der Waals surface area contributed by atoms with Crippen LogP contribution >= 0.6 is 11.8 Å². The number of hydrogen-bond acceptors (Lipinski definition) is 5. The molecule has 1 aliphatic heterocycles. The number of phenolic OH excluding ortho intramolecular Hbond substituents is 2. The molecule has 1 aliphatic rings. The summed E-state index contributed by atoms with van der Waals surface area (Å²) in [6.45, 7) is 0. The van der Waals surface area contributed by atoms with Gasteiger partial charge in [-0.2, -0.15) is 0 Å². The van der Waals surface area contributed by atoms with Crippen molar-refractivity contribution in [1.29, 1.82) is 0 Å². The highest BCUT2D eigenvalue weighted by Gasteiger charge is 2.26. The molecule has 2 aromatic rings. The number of methoxy groups -OCH3 is 1. The number of ketones is 1. The van der Waals surface area contributed by atoms with E-state index in [1.54, 1.807) is 11.8 Å². The lowest BCUT2D eigenvalue weighted by Gasteiger charge is -2.10. The lowest BCUT2D eigenvalue weighted by Crippen LogP contribution is -2.12. The average molecular weight is 328 g/mol. The quantitative estimate of drug-likeness (QED) is 0.662. The van der Waals surface area contributed by atoms with Crippen molar-refractivity contribution >= 4 is 22.5 Å². The second-order valence-corrected chi connectivity index (χ2v) is 6.29. The van der Waals surface area contributed by atoms with E-state index in [0.29, 0.717) is 11.3 Å². The van der Waals surface area contributed by atoms with Gasteiger partial charge in [-0.05, 0) is 17.7 Å². The molecule has 0 radical (unpaired) electrons. The van der Waals surface area contributed by atoms with Gasteiger partial charge >= 0.3 is 0 Å². The van der Waals surface area contributed by atoms with Crippen LogP contribution in [0.4, 0.5) is 0 Å². The zero-order valence-corrected chi connectivity index (χ0v) is 13.3. The van der Waals surface area contributed by atoms with Crippen molar-refractivity contribution in [3.05, 3.63) is 59.7 Å². The number of allylic oxidation sites excluding steroid dienone is 1. The summed E-state index contributed by atoms with van der Waals surface area (Å²) in [7, 11) is 1.38. The molecular weight excluding hydrogens is 312 g/mol. The summed E-state index contributed by atoms with van der Waals surface area (Å²) in [5, 5.41) is 19.4. The van der Waals surface area contributed by atoms with E-state index in [0.717, 1.165) is 10.5 Å². The van der Waals surface area contributed by atoms with Gasteiger partial charge in [0.2, 0.25) is 5.75 Å². The number of rotatable bonds is 4. The number of carbonyl (C=O) groups excluding carboxylic acids is 1. The van der Waals surface area contributed by atoms with E-state index >= 15 is 0 Å². The molecular formula is C18H16O4S. The molecule has 23 heavy (non-hydrogen) atoms. The van der Waals surface area contributed by atoms with Crippen LogP contribution in [-0.2, 0) is 0 Å². The molecule has 5 heteroatoms. The highest BCUT2D eigenvalue weighted by atomic mass is 32.2. The van der Waals surface area contributed by atoms with Crippen LogP contribution in [0.25, 0.3) is 4.91 Å². The molecule has 0 spiro atoms. The Morgan fingerprint density at radius 3 is 2.65 bits per heavy atom. The van der Waals surface area contributed by atoms with Gasteiger partial charge in [-0.15, -0.1) is 11.8 Å². The fourth-order valence-corrected chi connectivity index (χ4v) is 3.67. The van der Waals surface area contributed by atoms with Crippen molar-refractivity contribution < 1.29 is 19.7 Å². The van der Waals surface area contributed by atoms with Crippen LogP contribution in [-0.4, -0.2) is 28.9 Å². The zero-order valence-electron chi connectivity index (χ0n) is 12.5. The average Bonchev–Trinajstić information content (AvgIpc) is 3.07. The van der Waals surface area contributed by atoms with E-state index in [1.807, 2.05) is 36.4 Å². The SMILES string of the molecule is COc1cc(C(=O)C2C=C(c3ccccc3)SC2)cc(O)c1O. The van der Waals surface area contributed by atoms with Crippen LogP contribution in [0, 0.1) is 5.92 Å². The molecule has 2 N–H and O–H groups in total. The fraction of sp³-hybridized carbons (Fsp3) is 0.167. The molecule has 0 aromatic heterocycles. The van der Waals surface area contributed by atoms with Gasteiger partial charge in [-0.25, -0.2) is 0 Å². The standard InChI is InChI=1S/C18H16O4S/c1-22-15-8-12(7-14(19)18(15)21)17(20)13-9-16(23-10-13)11-5-3-2-4-6-11/h2-9,13,19,21H,10H2,1H3. The van der Waals surface area contributed by atoms with E-state index in [-0.39, 0.29) is 28.9 Å². The third-order valence-electron chi connectivity index (χ3n) is 3.73. The summed E-state index contributed by atoms with van der Waals surface area (Å²) in [5.74, 6) is -0.323. The molecule has 1 atom stereocenters. The number of hydrogen-bond donors (Lipinski definition) is 2. The molecule has 1 unspecified atom stereocenters. The first-order valence-corrected chi connectivity index (χ1v) is 8.13. The lowest BCUT2D eigenvalue weighted by molar-refractivity contribution is 0.0955. The van der Waals surface area contributed by atoms with Gasteiger partial charge in [0, 0.05) is 16.2 Å². The minimum atomic E-state index is -0.356. The Labute approximate surface area is 138 Å². The molecule has 0 amide bonds. The fourth-order valence-electron chi connectivity index (χ4n) is 2.50. The van der Waals surface area contributed by atoms with E-state index in [1.165, 1.54) is 19.2 Å². The number of aromatic hydroxyl groups is 2. The third-order valence-corrected chi connectivity index (χ3v) is 4.93.